The molecule has 3 N–H and O–H groups in total. The molecule has 12 nitrogen and oxygen atoms in total. The second-order valence-electron chi connectivity index (χ2n) is 11.0. The fraction of sp³-hybridized carbons (Fsp3) is 0.560. The van der Waals surface area contributed by atoms with Crippen molar-refractivity contribution >= 4 is 116 Å². The number of nitrogens with zero attached hydrogens (tertiary/aromatic N) is 4. The first-order chi connectivity index (χ1) is 19.4. The third-order valence-corrected chi connectivity index (χ3v) is 14.5. The first-order valence-corrected chi connectivity index (χ1v) is 19.4. The number of amides is 1. The number of nitrogens with one attached hydrogen (secondary N) is 1. The van der Waals surface area contributed by atoms with E-state index >= 15 is 0 Å². The van der Waals surface area contributed by atoms with Gasteiger partial charge in [0.2, 0.25) is 32.0 Å². The van der Waals surface area contributed by atoms with E-state index in [1.807, 2.05) is 0 Å². The Kier molecular flexibility index (Phi) is 13.5. The number of carbonyl (C=O) groups is 1. The van der Waals surface area contributed by atoms with Crippen LogP contribution in [0.25, 0.3) is 0 Å². The van der Waals surface area contributed by atoms with Crippen molar-refractivity contribution in [3.05, 3.63) is 39.5 Å². The molecule has 45 heavy (non-hydrogen) atoms. The Hall–Kier alpha value is -1.15. The lowest BCUT2D eigenvalue weighted by atomic mass is 10.0. The van der Waals surface area contributed by atoms with Gasteiger partial charge in [0.05, 0.1) is 38.9 Å². The van der Waals surface area contributed by atoms with Crippen LogP contribution in [-0.2, 0) is 35.9 Å². The van der Waals surface area contributed by atoms with Gasteiger partial charge in [-0.25, -0.2) is 40.2 Å². The summed E-state index contributed by atoms with van der Waals surface area (Å²) in [5, 5.41) is 3.33. The van der Waals surface area contributed by atoms with Gasteiger partial charge in [-0.2, -0.15) is 0 Å². The summed E-state index contributed by atoms with van der Waals surface area (Å²) in [7, 11) is -4.44. The van der Waals surface area contributed by atoms with Crippen molar-refractivity contribution in [2.45, 2.75) is 66.2 Å². The second-order valence-corrected chi connectivity index (χ2v) is 20.7. The number of alkyl carbamates (subject to hydrolysis) is 1. The van der Waals surface area contributed by atoms with E-state index in [0.29, 0.717) is 19.8 Å². The lowest BCUT2D eigenvalue weighted by molar-refractivity contribution is 0.0559. The Labute approximate surface area is 300 Å². The number of guanidine groups is 2. The van der Waals surface area contributed by atoms with Crippen LogP contribution in [0, 0.1) is 0 Å². The summed E-state index contributed by atoms with van der Waals surface area (Å²) < 4.78 is 57.9. The van der Waals surface area contributed by atoms with Crippen LogP contribution in [0.5, 0.6) is 0 Å². The molecule has 2 aliphatic rings. The van der Waals surface area contributed by atoms with Crippen LogP contribution in [0.1, 0.15) is 59.2 Å². The summed E-state index contributed by atoms with van der Waals surface area (Å²) in [6.45, 7) is 8.52. The topological polar surface area (TPSA) is 164 Å². The van der Waals surface area contributed by atoms with E-state index in [4.69, 9.17) is 33.7 Å². The molecular weight excluding hydrogens is 839 g/mol. The first kappa shape index (κ1) is 41.9. The van der Waals surface area contributed by atoms with Crippen LogP contribution in [0.2, 0.25) is 10.0 Å². The molecule has 0 radical (unpaired) electrons. The molecular formula is C25H38Br2Cl2N6O6S4. The zero-order chi connectivity index (χ0) is 32.9. The van der Waals surface area contributed by atoms with Crippen LogP contribution < -0.4 is 11.1 Å². The predicted molar refractivity (Wildman–Crippen MR) is 194 cm³/mol. The van der Waals surface area contributed by atoms with Crippen LogP contribution in [-0.4, -0.2) is 74.7 Å². The van der Waals surface area contributed by atoms with Crippen LogP contribution in [0.3, 0.4) is 0 Å². The fourth-order valence-corrected chi connectivity index (χ4v) is 11.5. The van der Waals surface area contributed by atoms with Gasteiger partial charge in [-0.3, -0.25) is 5.32 Å². The van der Waals surface area contributed by atoms with E-state index in [0.717, 1.165) is 16.2 Å². The zero-order valence-electron chi connectivity index (χ0n) is 24.0. The summed E-state index contributed by atoms with van der Waals surface area (Å²) in [6, 6.07) is 3.41. The van der Waals surface area contributed by atoms with Gasteiger partial charge in [-0.05, 0) is 78.6 Å². The molecule has 2 aromatic rings. The SMILES string of the molecule is C.C.CN1C(N)=N[C@](C)(c2sc(Br)cc2Cl)CS1(=O)=O.CN1C(NC(=O)OC(C)(C)C)=N[C@](C)(c2sc(Br)cc2Cl)CS1(=O)=O. The molecule has 0 unspecified atom stereocenters. The molecule has 0 spiro atoms. The summed E-state index contributed by atoms with van der Waals surface area (Å²) in [4.78, 5) is 22.1. The molecule has 2 aromatic heterocycles. The normalized spacial score (nSPS) is 23.7. The van der Waals surface area contributed by atoms with Crippen molar-refractivity contribution in [3.63, 3.8) is 0 Å². The van der Waals surface area contributed by atoms with E-state index in [2.05, 4.69) is 47.2 Å². The molecule has 0 saturated carbocycles. The monoisotopic (exact) mass is 874 g/mol. The highest BCUT2D eigenvalue weighted by Crippen LogP contribution is 2.44. The minimum absolute atomic E-state index is 0. The van der Waals surface area contributed by atoms with Crippen molar-refractivity contribution < 1.29 is 26.4 Å². The van der Waals surface area contributed by atoms with Crippen molar-refractivity contribution in [3.8, 4) is 0 Å². The largest absolute Gasteiger partial charge is 0.444 e. The van der Waals surface area contributed by atoms with Gasteiger partial charge >= 0.3 is 6.09 Å². The quantitative estimate of drug-likeness (QED) is 0.336. The number of thiophene rings is 2. The molecule has 0 saturated heterocycles. The molecule has 1 amide bonds. The molecule has 4 heterocycles. The van der Waals surface area contributed by atoms with Crippen LogP contribution in [0.4, 0.5) is 4.79 Å². The highest BCUT2D eigenvalue weighted by molar-refractivity contribution is 9.11. The molecule has 4 rings (SSSR count). The molecule has 20 heteroatoms. The summed E-state index contributed by atoms with van der Waals surface area (Å²) in [5.74, 6) is -0.542. The van der Waals surface area contributed by atoms with E-state index in [1.54, 1.807) is 46.8 Å². The van der Waals surface area contributed by atoms with Crippen molar-refractivity contribution in [2.75, 3.05) is 25.6 Å². The van der Waals surface area contributed by atoms with Gasteiger partial charge in [0, 0.05) is 14.1 Å². The third-order valence-electron chi connectivity index (χ3n) is 6.00. The number of ether oxygens (including phenoxy) is 1. The molecule has 2 aliphatic heterocycles. The molecule has 2 atom stereocenters. The maximum Gasteiger partial charge on any atom is 0.414 e. The minimum Gasteiger partial charge on any atom is -0.444 e. The van der Waals surface area contributed by atoms with E-state index in [-0.39, 0.29) is 38.3 Å². The lowest BCUT2D eigenvalue weighted by Gasteiger charge is -2.35. The number of hydrogen-bond donors (Lipinski definition) is 2. The van der Waals surface area contributed by atoms with Gasteiger partial charge < -0.3 is 10.5 Å². The number of halogens is 4. The highest BCUT2D eigenvalue weighted by Gasteiger charge is 2.44. The Morgan fingerprint density at radius 3 is 1.69 bits per heavy atom. The fourth-order valence-electron chi connectivity index (χ4n) is 4.02. The molecule has 256 valence electrons. The number of aliphatic imine (C=N–C) groups is 2. The minimum atomic E-state index is -3.70. The van der Waals surface area contributed by atoms with Gasteiger partial charge in [-0.15, -0.1) is 22.7 Å². The van der Waals surface area contributed by atoms with Crippen molar-refractivity contribution in [1.29, 1.82) is 0 Å². The standard InChI is InChI=1S/C14H19BrClN3O4S2.C9H11BrClN3O2S2.2CH4/c1-13(2,3)23-12(20)17-11-18-14(4,7-25(21,22)19(11)5)10-8(16)6-9(15)24-10;1-9(7-5(11)3-6(10)17-7)4-18(15,16)14(2)8(12)13-9;;/h6H,7H2,1-5H3,(H,17,18,20);3H,4H2,1-2H3,(H2,12,13);2*1H4/t14-;9-;;/m00../s1. The Morgan fingerprint density at radius 2 is 1.33 bits per heavy atom. The smallest absolute Gasteiger partial charge is 0.414 e. The van der Waals surface area contributed by atoms with Gasteiger partial charge in [0.15, 0.2) is 0 Å². The number of nitrogens with two attached hydrogens (primary N) is 1. The summed E-state index contributed by atoms with van der Waals surface area (Å²) in [6.07, 6.45) is -0.781. The average molecular weight is 878 g/mol. The van der Waals surface area contributed by atoms with Gasteiger partial charge in [0.25, 0.3) is 0 Å². The maximum atomic E-state index is 12.6. The predicted octanol–water partition coefficient (Wildman–Crippen LogP) is 6.78. The first-order valence-electron chi connectivity index (χ1n) is 12.2. The number of sulfonamides is 2. The van der Waals surface area contributed by atoms with Gasteiger partial charge in [0.1, 0.15) is 16.7 Å². The molecule has 0 aromatic carbocycles. The Morgan fingerprint density at radius 1 is 0.933 bits per heavy atom. The number of rotatable bonds is 2. The zero-order valence-corrected chi connectivity index (χ0v) is 32.0. The summed E-state index contributed by atoms with van der Waals surface area (Å²) >= 11 is 21.7. The number of hydrogen-bond acceptors (Lipinski definition) is 11. The second kappa shape index (κ2) is 14.5. The Bertz CT molecular complexity index is 1710. The highest BCUT2D eigenvalue weighted by atomic mass is 79.9. The molecule has 0 fully saturated rings. The van der Waals surface area contributed by atoms with E-state index in [9.17, 15) is 21.6 Å². The molecule has 0 bridgehead atoms. The maximum absolute atomic E-state index is 12.6. The van der Waals surface area contributed by atoms with Crippen LogP contribution >= 0.6 is 77.7 Å². The third kappa shape index (κ3) is 9.70. The van der Waals surface area contributed by atoms with Crippen LogP contribution in [0.15, 0.2) is 29.7 Å². The van der Waals surface area contributed by atoms with E-state index < -0.39 is 42.8 Å². The molecule has 0 aliphatic carbocycles. The van der Waals surface area contributed by atoms with Gasteiger partial charge in [-0.1, -0.05) is 38.1 Å². The van der Waals surface area contributed by atoms with Crippen molar-refractivity contribution in [1.82, 2.24) is 13.9 Å². The Balaban J connectivity index is 0.000000451. The van der Waals surface area contributed by atoms with E-state index in [1.165, 1.54) is 36.8 Å². The lowest BCUT2D eigenvalue weighted by Crippen LogP contribution is -2.53. The van der Waals surface area contributed by atoms with Crippen molar-refractivity contribution in [2.24, 2.45) is 15.7 Å². The summed E-state index contributed by atoms with van der Waals surface area (Å²) in [5.41, 5.74) is 2.89. The number of carbonyl (C=O) groups excluding carboxylic acids is 1. The average Bonchev–Trinajstić information content (AvgIpc) is 3.34.